The van der Waals surface area contributed by atoms with E-state index in [9.17, 15) is 9.59 Å². The van der Waals surface area contributed by atoms with Gasteiger partial charge < -0.3 is 4.74 Å². The second-order valence-corrected chi connectivity index (χ2v) is 3.76. The van der Waals surface area contributed by atoms with Crippen molar-refractivity contribution in [3.05, 3.63) is 34.9 Å². The van der Waals surface area contributed by atoms with Crippen molar-refractivity contribution in [3.8, 4) is 0 Å². The fourth-order valence-corrected chi connectivity index (χ4v) is 2.03. The van der Waals surface area contributed by atoms with Gasteiger partial charge in [-0.1, -0.05) is 18.2 Å². The average molecular weight is 204 g/mol. The minimum absolute atomic E-state index is 0.0642. The number of fused-ring (bicyclic) bond motifs is 1. The molecule has 0 fully saturated rings. The highest BCUT2D eigenvalue weighted by molar-refractivity contribution is 6.02. The van der Waals surface area contributed by atoms with E-state index >= 15 is 0 Å². The third-order valence-electron chi connectivity index (χ3n) is 2.61. The number of aryl methyl sites for hydroxylation is 1. The molecule has 0 heterocycles. The van der Waals surface area contributed by atoms with Crippen molar-refractivity contribution in [2.45, 2.75) is 26.4 Å². The van der Waals surface area contributed by atoms with Crippen LogP contribution < -0.4 is 0 Å². The molecule has 2 rings (SSSR count). The molecule has 0 saturated carbocycles. The van der Waals surface area contributed by atoms with Gasteiger partial charge in [0.15, 0.2) is 5.78 Å². The van der Waals surface area contributed by atoms with Crippen molar-refractivity contribution < 1.29 is 14.3 Å². The van der Waals surface area contributed by atoms with Gasteiger partial charge in [-0.3, -0.25) is 9.59 Å². The molecule has 0 saturated heterocycles. The van der Waals surface area contributed by atoms with Crippen molar-refractivity contribution in [1.82, 2.24) is 0 Å². The van der Waals surface area contributed by atoms with Crippen LogP contribution in [0.4, 0.5) is 0 Å². The van der Waals surface area contributed by atoms with Crippen molar-refractivity contribution in [2.24, 2.45) is 0 Å². The Hall–Kier alpha value is -1.64. The molecule has 0 aromatic heterocycles. The standard InChI is InChI=1S/C12H12O3/c1-7-4-3-5-9-11(15-8(2)13)6-10(14)12(7)9/h3-5,11H,6H2,1-2H3. The summed E-state index contributed by atoms with van der Waals surface area (Å²) in [7, 11) is 0. The molecule has 1 atom stereocenters. The molecule has 15 heavy (non-hydrogen) atoms. The maximum Gasteiger partial charge on any atom is 0.303 e. The van der Waals surface area contributed by atoms with Crippen LogP contribution in [0.25, 0.3) is 0 Å². The maximum absolute atomic E-state index is 11.7. The maximum atomic E-state index is 11.7. The Bertz CT molecular complexity index is 434. The molecule has 0 spiro atoms. The van der Waals surface area contributed by atoms with Crippen LogP contribution in [0.2, 0.25) is 0 Å². The number of carbonyl (C=O) groups is 2. The summed E-state index contributed by atoms with van der Waals surface area (Å²) in [6.45, 7) is 3.26. The topological polar surface area (TPSA) is 43.4 Å². The van der Waals surface area contributed by atoms with Gasteiger partial charge in [0.1, 0.15) is 6.10 Å². The fraction of sp³-hybridized carbons (Fsp3) is 0.333. The molecule has 1 aliphatic rings. The molecule has 1 unspecified atom stereocenters. The minimum Gasteiger partial charge on any atom is -0.457 e. The van der Waals surface area contributed by atoms with E-state index in [1.165, 1.54) is 6.92 Å². The van der Waals surface area contributed by atoms with Crippen LogP contribution in [-0.2, 0) is 9.53 Å². The lowest BCUT2D eigenvalue weighted by atomic mass is 10.0. The zero-order chi connectivity index (χ0) is 11.0. The van der Waals surface area contributed by atoms with Gasteiger partial charge in [0.2, 0.25) is 0 Å². The molecule has 78 valence electrons. The highest BCUT2D eigenvalue weighted by Crippen LogP contribution is 2.35. The highest BCUT2D eigenvalue weighted by atomic mass is 16.5. The van der Waals surface area contributed by atoms with Crippen LogP contribution >= 0.6 is 0 Å². The van der Waals surface area contributed by atoms with Gasteiger partial charge in [0.25, 0.3) is 0 Å². The van der Waals surface area contributed by atoms with Crippen molar-refractivity contribution in [2.75, 3.05) is 0 Å². The van der Waals surface area contributed by atoms with Gasteiger partial charge in [-0.2, -0.15) is 0 Å². The van der Waals surface area contributed by atoms with Gasteiger partial charge in [-0.15, -0.1) is 0 Å². The zero-order valence-electron chi connectivity index (χ0n) is 8.74. The normalized spacial score (nSPS) is 18.8. The SMILES string of the molecule is CC(=O)OC1CC(=O)c2c(C)cccc21. The van der Waals surface area contributed by atoms with Crippen LogP contribution in [0.5, 0.6) is 0 Å². The van der Waals surface area contributed by atoms with Gasteiger partial charge in [0, 0.05) is 18.1 Å². The van der Waals surface area contributed by atoms with Crippen molar-refractivity contribution in [3.63, 3.8) is 0 Å². The van der Waals surface area contributed by atoms with Gasteiger partial charge in [-0.25, -0.2) is 0 Å². The number of ketones is 1. The molecule has 1 aromatic rings. The quantitative estimate of drug-likeness (QED) is 0.658. The first-order valence-corrected chi connectivity index (χ1v) is 4.89. The number of carbonyl (C=O) groups excluding carboxylic acids is 2. The van der Waals surface area contributed by atoms with E-state index in [-0.39, 0.29) is 24.3 Å². The lowest BCUT2D eigenvalue weighted by Gasteiger charge is -2.10. The van der Waals surface area contributed by atoms with Crippen LogP contribution in [0.3, 0.4) is 0 Å². The molecule has 0 N–H and O–H groups in total. The molecular weight excluding hydrogens is 192 g/mol. The molecule has 1 aliphatic carbocycles. The third-order valence-corrected chi connectivity index (χ3v) is 2.61. The second kappa shape index (κ2) is 3.50. The van der Waals surface area contributed by atoms with E-state index in [0.29, 0.717) is 0 Å². The Balaban J connectivity index is 2.42. The van der Waals surface area contributed by atoms with E-state index in [0.717, 1.165) is 16.7 Å². The molecule has 0 radical (unpaired) electrons. The lowest BCUT2D eigenvalue weighted by molar-refractivity contribution is -0.146. The smallest absolute Gasteiger partial charge is 0.303 e. The molecule has 0 aliphatic heterocycles. The second-order valence-electron chi connectivity index (χ2n) is 3.76. The van der Waals surface area contributed by atoms with Crippen molar-refractivity contribution in [1.29, 1.82) is 0 Å². The van der Waals surface area contributed by atoms with Gasteiger partial charge in [-0.05, 0) is 12.5 Å². The van der Waals surface area contributed by atoms with Gasteiger partial charge in [0.05, 0.1) is 6.42 Å². The molecular formula is C12H12O3. The summed E-state index contributed by atoms with van der Waals surface area (Å²) < 4.78 is 5.10. The number of hydrogen-bond acceptors (Lipinski definition) is 3. The van der Waals surface area contributed by atoms with Crippen molar-refractivity contribution >= 4 is 11.8 Å². The van der Waals surface area contributed by atoms with E-state index in [1.54, 1.807) is 0 Å². The van der Waals surface area contributed by atoms with E-state index in [1.807, 2.05) is 25.1 Å². The number of rotatable bonds is 1. The van der Waals surface area contributed by atoms with Crippen LogP contribution in [0, 0.1) is 6.92 Å². The van der Waals surface area contributed by atoms with E-state index in [4.69, 9.17) is 4.74 Å². The Labute approximate surface area is 88.1 Å². The monoisotopic (exact) mass is 204 g/mol. The molecule has 0 bridgehead atoms. The largest absolute Gasteiger partial charge is 0.457 e. The third kappa shape index (κ3) is 1.65. The zero-order valence-corrected chi connectivity index (χ0v) is 8.74. The number of hydrogen-bond donors (Lipinski definition) is 0. The van der Waals surface area contributed by atoms with E-state index < -0.39 is 0 Å². The number of esters is 1. The minimum atomic E-state index is -0.384. The summed E-state index contributed by atoms with van der Waals surface area (Å²) in [6.07, 6.45) is -0.107. The van der Waals surface area contributed by atoms with Gasteiger partial charge >= 0.3 is 5.97 Å². The Morgan fingerprint density at radius 3 is 2.87 bits per heavy atom. The lowest BCUT2D eigenvalue weighted by Crippen LogP contribution is -2.05. The van der Waals surface area contributed by atoms with Crippen LogP contribution in [0.15, 0.2) is 18.2 Å². The first kappa shape index (κ1) is 9.90. The molecule has 1 aromatic carbocycles. The Morgan fingerprint density at radius 2 is 2.20 bits per heavy atom. The molecule has 3 nitrogen and oxygen atoms in total. The molecule has 0 amide bonds. The predicted molar refractivity (Wildman–Crippen MR) is 54.6 cm³/mol. The average Bonchev–Trinajstić information content (AvgIpc) is 2.44. The summed E-state index contributed by atoms with van der Waals surface area (Å²) in [5, 5.41) is 0. The summed E-state index contributed by atoms with van der Waals surface area (Å²) in [4.78, 5) is 22.6. The summed E-state index contributed by atoms with van der Waals surface area (Å²) in [6, 6.07) is 5.62. The summed E-state index contributed by atoms with van der Waals surface area (Å²) >= 11 is 0. The van der Waals surface area contributed by atoms with Crippen LogP contribution in [-0.4, -0.2) is 11.8 Å². The predicted octanol–water partition coefficient (Wildman–Crippen LogP) is 2.19. The van der Waals surface area contributed by atoms with E-state index in [2.05, 4.69) is 0 Å². The first-order valence-electron chi connectivity index (χ1n) is 4.89. The number of benzene rings is 1. The molecule has 3 heteroatoms. The fourth-order valence-electron chi connectivity index (χ4n) is 2.03. The van der Waals surface area contributed by atoms with Crippen LogP contribution in [0.1, 0.15) is 40.9 Å². The summed E-state index contributed by atoms with van der Waals surface area (Å²) in [5.74, 6) is -0.281. The summed E-state index contributed by atoms with van der Waals surface area (Å²) in [5.41, 5.74) is 2.52. The number of Topliss-reactive ketones (excluding diaryl/α,β-unsaturated/α-hetero) is 1. The first-order chi connectivity index (χ1) is 7.09. The Kier molecular flexibility index (Phi) is 2.31. The number of ether oxygens (including phenoxy) is 1. The highest BCUT2D eigenvalue weighted by Gasteiger charge is 2.32. The Morgan fingerprint density at radius 1 is 1.47 bits per heavy atom.